The summed E-state index contributed by atoms with van der Waals surface area (Å²) < 4.78 is 57.5. The number of amides is 1. The maximum atomic E-state index is 13.5. The molecule has 1 amide bonds. The molecule has 0 radical (unpaired) electrons. The van der Waals surface area contributed by atoms with Crippen LogP contribution in [0, 0.1) is 23.0 Å². The highest BCUT2D eigenvalue weighted by Crippen LogP contribution is 2.17. The van der Waals surface area contributed by atoms with Gasteiger partial charge in [-0.2, -0.15) is 13.7 Å². The summed E-state index contributed by atoms with van der Waals surface area (Å²) in [6.07, 6.45) is 0.915. The highest BCUT2D eigenvalue weighted by Gasteiger charge is 2.13. The van der Waals surface area contributed by atoms with E-state index < -0.39 is 38.1 Å². The van der Waals surface area contributed by atoms with Crippen molar-refractivity contribution in [2.45, 2.75) is 4.90 Å². The van der Waals surface area contributed by atoms with Gasteiger partial charge in [0.2, 0.25) is 0 Å². The molecule has 0 fully saturated rings. The fraction of sp³-hybridized carbons (Fsp3) is 0. The van der Waals surface area contributed by atoms with E-state index in [1.54, 1.807) is 6.07 Å². The normalized spacial score (nSPS) is 11.5. The highest BCUT2D eigenvalue weighted by molar-refractivity contribution is 7.85. The minimum absolute atomic E-state index is 0.0132. The second-order valence-electron chi connectivity index (χ2n) is 4.90. The molecule has 0 aromatic heterocycles. The molecule has 7 nitrogen and oxygen atoms in total. The van der Waals surface area contributed by atoms with Crippen molar-refractivity contribution in [2.75, 3.05) is 10.6 Å². The van der Waals surface area contributed by atoms with Gasteiger partial charge >= 0.3 is 0 Å². The monoisotopic (exact) mass is 379 g/mol. The molecule has 0 aliphatic heterocycles. The van der Waals surface area contributed by atoms with E-state index in [4.69, 9.17) is 9.81 Å². The Hall–Kier alpha value is -3.29. The smallest absolute Gasteiger partial charge is 0.294 e. The van der Waals surface area contributed by atoms with Gasteiger partial charge in [-0.05, 0) is 30.3 Å². The third kappa shape index (κ3) is 4.85. The minimum atomic E-state index is -4.46. The van der Waals surface area contributed by atoms with E-state index in [-0.39, 0.29) is 11.4 Å². The molecule has 0 aliphatic carbocycles. The molecule has 0 saturated carbocycles. The summed E-state index contributed by atoms with van der Waals surface area (Å²) in [4.78, 5) is 11.6. The Morgan fingerprint density at radius 1 is 1.19 bits per heavy atom. The molecule has 2 aromatic carbocycles. The van der Waals surface area contributed by atoms with Crippen LogP contribution < -0.4 is 10.6 Å². The van der Waals surface area contributed by atoms with Gasteiger partial charge in [0.1, 0.15) is 23.3 Å². The van der Waals surface area contributed by atoms with E-state index in [2.05, 4.69) is 10.6 Å². The standard InChI is InChI=1S/C16H11F2N3O4S/c17-11-4-5-15(14(18)6-11)20-9-10(8-19)16(22)21-12-2-1-3-13(7-12)26(23,24)25/h1-7,9,20H,(H,21,22)(H,23,24,25)/b10-9-. The van der Waals surface area contributed by atoms with E-state index in [1.807, 2.05) is 0 Å². The van der Waals surface area contributed by atoms with Gasteiger partial charge in [-0.3, -0.25) is 9.35 Å². The van der Waals surface area contributed by atoms with Crippen LogP contribution in [0.2, 0.25) is 0 Å². The van der Waals surface area contributed by atoms with Crippen molar-refractivity contribution in [2.24, 2.45) is 0 Å². The van der Waals surface area contributed by atoms with Gasteiger partial charge in [0.25, 0.3) is 16.0 Å². The van der Waals surface area contributed by atoms with Crippen LogP contribution in [0.4, 0.5) is 20.2 Å². The zero-order valence-corrected chi connectivity index (χ0v) is 13.7. The second-order valence-corrected chi connectivity index (χ2v) is 6.32. The lowest BCUT2D eigenvalue weighted by molar-refractivity contribution is -0.112. The van der Waals surface area contributed by atoms with E-state index >= 15 is 0 Å². The molecule has 3 N–H and O–H groups in total. The Kier molecular flexibility index (Phi) is 5.66. The van der Waals surface area contributed by atoms with Crippen LogP contribution in [0.5, 0.6) is 0 Å². The van der Waals surface area contributed by atoms with Crippen molar-refractivity contribution in [3.8, 4) is 6.07 Å². The summed E-state index contributed by atoms with van der Waals surface area (Å²) in [6, 6.07) is 9.03. The maximum Gasteiger partial charge on any atom is 0.294 e. The van der Waals surface area contributed by atoms with Gasteiger partial charge in [0, 0.05) is 18.0 Å². The number of hydrogen-bond acceptors (Lipinski definition) is 5. The number of rotatable bonds is 5. The van der Waals surface area contributed by atoms with Crippen molar-refractivity contribution in [3.05, 3.63) is 65.9 Å². The van der Waals surface area contributed by atoms with Gasteiger partial charge in [0.05, 0.1) is 10.6 Å². The maximum absolute atomic E-state index is 13.5. The predicted octanol–water partition coefficient (Wildman–Crippen LogP) is 2.67. The number of nitriles is 1. The van der Waals surface area contributed by atoms with Gasteiger partial charge in [-0.1, -0.05) is 6.07 Å². The minimum Gasteiger partial charge on any atom is -0.358 e. The summed E-state index contributed by atoms with van der Waals surface area (Å²) in [7, 11) is -4.46. The molecule has 134 valence electrons. The van der Waals surface area contributed by atoms with E-state index in [1.165, 1.54) is 12.1 Å². The summed E-state index contributed by atoms with van der Waals surface area (Å²) in [6.45, 7) is 0. The van der Waals surface area contributed by atoms with E-state index in [9.17, 15) is 22.0 Å². The molecule has 0 saturated heterocycles. The first kappa shape index (κ1) is 19.0. The number of carbonyl (C=O) groups is 1. The predicted molar refractivity (Wildman–Crippen MR) is 88.6 cm³/mol. The third-order valence-corrected chi connectivity index (χ3v) is 3.91. The molecule has 0 heterocycles. The molecule has 2 aromatic rings. The Morgan fingerprint density at radius 3 is 2.54 bits per heavy atom. The average molecular weight is 379 g/mol. The Bertz CT molecular complexity index is 1030. The fourth-order valence-electron chi connectivity index (χ4n) is 1.84. The number of anilines is 2. The Morgan fingerprint density at radius 2 is 1.92 bits per heavy atom. The molecule has 0 aliphatic rings. The fourth-order valence-corrected chi connectivity index (χ4v) is 2.36. The Labute approximate surface area is 147 Å². The second kappa shape index (κ2) is 7.73. The number of carbonyl (C=O) groups excluding carboxylic acids is 1. The lowest BCUT2D eigenvalue weighted by atomic mass is 10.2. The topological polar surface area (TPSA) is 119 Å². The summed E-state index contributed by atoms with van der Waals surface area (Å²) >= 11 is 0. The number of nitrogens with zero attached hydrogens (tertiary/aromatic N) is 1. The molecule has 0 unspecified atom stereocenters. The van der Waals surface area contributed by atoms with Crippen LogP contribution in [0.3, 0.4) is 0 Å². The first-order chi connectivity index (χ1) is 12.2. The molecular weight excluding hydrogens is 368 g/mol. The first-order valence-corrected chi connectivity index (χ1v) is 8.35. The van der Waals surface area contributed by atoms with Crippen molar-refractivity contribution >= 4 is 27.4 Å². The summed E-state index contributed by atoms with van der Waals surface area (Å²) in [5, 5.41) is 13.7. The summed E-state index contributed by atoms with van der Waals surface area (Å²) in [5.74, 6) is -2.61. The van der Waals surface area contributed by atoms with Crippen LogP contribution in [-0.2, 0) is 14.9 Å². The lowest BCUT2D eigenvalue weighted by Crippen LogP contribution is -2.15. The Balaban J connectivity index is 2.17. The van der Waals surface area contributed by atoms with E-state index in [0.29, 0.717) is 6.07 Å². The highest BCUT2D eigenvalue weighted by atomic mass is 32.2. The van der Waals surface area contributed by atoms with Crippen molar-refractivity contribution in [1.29, 1.82) is 5.26 Å². The van der Waals surface area contributed by atoms with E-state index in [0.717, 1.165) is 30.5 Å². The lowest BCUT2D eigenvalue weighted by Gasteiger charge is -2.07. The first-order valence-electron chi connectivity index (χ1n) is 6.91. The van der Waals surface area contributed by atoms with Crippen molar-refractivity contribution in [3.63, 3.8) is 0 Å². The third-order valence-electron chi connectivity index (χ3n) is 3.06. The summed E-state index contributed by atoms with van der Waals surface area (Å²) in [5.41, 5.74) is -0.592. The van der Waals surface area contributed by atoms with Gasteiger partial charge in [-0.15, -0.1) is 0 Å². The van der Waals surface area contributed by atoms with Crippen molar-refractivity contribution in [1.82, 2.24) is 0 Å². The zero-order chi connectivity index (χ0) is 19.3. The van der Waals surface area contributed by atoms with Gasteiger partial charge < -0.3 is 10.6 Å². The van der Waals surface area contributed by atoms with Crippen molar-refractivity contribution < 1.29 is 26.5 Å². The van der Waals surface area contributed by atoms with Crippen LogP contribution in [0.15, 0.2) is 59.1 Å². The number of benzene rings is 2. The largest absolute Gasteiger partial charge is 0.358 e. The number of hydrogen-bond donors (Lipinski definition) is 3. The van der Waals surface area contributed by atoms with Crippen LogP contribution in [-0.4, -0.2) is 18.9 Å². The number of halogens is 2. The van der Waals surface area contributed by atoms with Crippen LogP contribution in [0.1, 0.15) is 0 Å². The van der Waals surface area contributed by atoms with Gasteiger partial charge in [0.15, 0.2) is 0 Å². The van der Waals surface area contributed by atoms with Crippen LogP contribution in [0.25, 0.3) is 0 Å². The molecule has 26 heavy (non-hydrogen) atoms. The molecule has 0 atom stereocenters. The SMILES string of the molecule is N#C/C(=C/Nc1ccc(F)cc1F)C(=O)Nc1cccc(S(=O)(=O)O)c1. The molecule has 0 bridgehead atoms. The number of nitrogens with one attached hydrogen (secondary N) is 2. The average Bonchev–Trinajstić information content (AvgIpc) is 2.56. The quantitative estimate of drug-likeness (QED) is 0.417. The molecule has 0 spiro atoms. The molecular formula is C16H11F2N3O4S. The molecule has 2 rings (SSSR count). The molecule has 10 heteroatoms. The zero-order valence-electron chi connectivity index (χ0n) is 12.9. The van der Waals surface area contributed by atoms with Crippen LogP contribution >= 0.6 is 0 Å². The van der Waals surface area contributed by atoms with Gasteiger partial charge in [-0.25, -0.2) is 8.78 Å².